The predicted octanol–water partition coefficient (Wildman–Crippen LogP) is 3.46. The number of carboxylic acids is 1. The van der Waals surface area contributed by atoms with E-state index in [1.54, 1.807) is 0 Å². The number of carboxylic acid groups (broad SMARTS) is 1. The summed E-state index contributed by atoms with van der Waals surface area (Å²) in [6.07, 6.45) is 6.68. The fraction of sp³-hybridized carbons (Fsp3) is 0.667. The number of aromatic nitrogens is 1. The number of aliphatic carboxylic acids is 1. The summed E-state index contributed by atoms with van der Waals surface area (Å²) in [5.41, 5.74) is 0.582. The highest BCUT2D eigenvalue weighted by Crippen LogP contribution is 2.37. The Hall–Kier alpha value is -1.43. The third-order valence-corrected chi connectivity index (χ3v) is 4.91. The van der Waals surface area contributed by atoms with E-state index in [0.29, 0.717) is 18.0 Å². The average Bonchev–Trinajstić information content (AvgIpc) is 2.87. The van der Waals surface area contributed by atoms with E-state index in [9.17, 15) is 9.59 Å². The van der Waals surface area contributed by atoms with Crippen LogP contribution in [0.15, 0.2) is 5.38 Å². The van der Waals surface area contributed by atoms with Gasteiger partial charge in [-0.25, -0.2) is 4.98 Å². The average molecular weight is 310 g/mol. The largest absolute Gasteiger partial charge is 0.481 e. The first-order chi connectivity index (χ1) is 9.99. The predicted molar refractivity (Wildman–Crippen MR) is 82.5 cm³/mol. The zero-order valence-electron chi connectivity index (χ0n) is 12.4. The van der Waals surface area contributed by atoms with E-state index in [-0.39, 0.29) is 17.7 Å². The van der Waals surface area contributed by atoms with Crippen LogP contribution in [0.3, 0.4) is 0 Å². The third-order valence-electron chi connectivity index (χ3n) is 4.10. The summed E-state index contributed by atoms with van der Waals surface area (Å²) in [7, 11) is 0. The number of thiazole rings is 1. The summed E-state index contributed by atoms with van der Waals surface area (Å²) in [6.45, 7) is 2.03. The molecular formula is C15H22N2O3S. The SMILES string of the molecule is CC1(C(=O)Nc2nc(CCCC(=O)O)cs2)CCCCC1. The molecule has 2 rings (SSSR count). The molecule has 0 aliphatic heterocycles. The van der Waals surface area contributed by atoms with Gasteiger partial charge in [0.1, 0.15) is 0 Å². The van der Waals surface area contributed by atoms with Gasteiger partial charge in [0, 0.05) is 17.2 Å². The van der Waals surface area contributed by atoms with Crippen molar-refractivity contribution in [3.05, 3.63) is 11.1 Å². The number of aryl methyl sites for hydroxylation is 1. The van der Waals surface area contributed by atoms with Crippen LogP contribution in [0.25, 0.3) is 0 Å². The lowest BCUT2D eigenvalue weighted by molar-refractivity contribution is -0.137. The number of rotatable bonds is 6. The van der Waals surface area contributed by atoms with Crippen molar-refractivity contribution in [2.24, 2.45) is 5.41 Å². The van der Waals surface area contributed by atoms with E-state index in [1.807, 2.05) is 12.3 Å². The minimum atomic E-state index is -0.788. The van der Waals surface area contributed by atoms with Gasteiger partial charge in [-0.05, 0) is 25.7 Å². The quantitative estimate of drug-likeness (QED) is 0.843. The second-order valence-corrected chi connectivity index (χ2v) is 6.82. The molecule has 1 aliphatic rings. The van der Waals surface area contributed by atoms with Crippen LogP contribution < -0.4 is 5.32 Å². The molecule has 1 aliphatic carbocycles. The standard InChI is InChI=1S/C15H22N2O3S/c1-15(8-3-2-4-9-15)13(20)17-14-16-11(10-21-14)6-5-7-12(18)19/h10H,2-9H2,1H3,(H,18,19)(H,16,17,20). The summed E-state index contributed by atoms with van der Waals surface area (Å²) in [6, 6.07) is 0. The summed E-state index contributed by atoms with van der Waals surface area (Å²) < 4.78 is 0. The van der Waals surface area contributed by atoms with E-state index in [4.69, 9.17) is 5.11 Å². The Morgan fingerprint density at radius 3 is 2.76 bits per heavy atom. The molecule has 0 atom stereocenters. The Bertz CT molecular complexity index is 507. The fourth-order valence-electron chi connectivity index (χ4n) is 2.71. The van der Waals surface area contributed by atoms with Crippen molar-refractivity contribution in [2.75, 3.05) is 5.32 Å². The maximum Gasteiger partial charge on any atom is 0.303 e. The summed E-state index contributed by atoms with van der Waals surface area (Å²) in [5, 5.41) is 14.0. The molecule has 5 nitrogen and oxygen atoms in total. The van der Waals surface area contributed by atoms with Crippen LogP contribution >= 0.6 is 11.3 Å². The number of amides is 1. The van der Waals surface area contributed by atoms with Crippen LogP contribution in [0.1, 0.15) is 57.6 Å². The van der Waals surface area contributed by atoms with Crippen LogP contribution in [-0.2, 0) is 16.0 Å². The number of hydrogen-bond acceptors (Lipinski definition) is 4. The summed E-state index contributed by atoms with van der Waals surface area (Å²) >= 11 is 1.41. The van der Waals surface area contributed by atoms with Gasteiger partial charge >= 0.3 is 5.97 Å². The number of nitrogens with one attached hydrogen (secondary N) is 1. The first-order valence-corrected chi connectivity index (χ1v) is 8.35. The number of nitrogens with zero attached hydrogens (tertiary/aromatic N) is 1. The molecule has 21 heavy (non-hydrogen) atoms. The monoisotopic (exact) mass is 310 g/mol. The molecule has 6 heteroatoms. The van der Waals surface area contributed by atoms with Gasteiger partial charge in [0.2, 0.25) is 5.91 Å². The Kier molecular flexibility index (Phi) is 5.33. The maximum atomic E-state index is 12.4. The van der Waals surface area contributed by atoms with Crippen molar-refractivity contribution in [3.8, 4) is 0 Å². The minimum Gasteiger partial charge on any atom is -0.481 e. The van der Waals surface area contributed by atoms with Gasteiger partial charge in [0.15, 0.2) is 5.13 Å². The molecule has 0 spiro atoms. The lowest BCUT2D eigenvalue weighted by atomic mass is 9.75. The van der Waals surface area contributed by atoms with Crippen LogP contribution in [0.5, 0.6) is 0 Å². The third kappa shape index (κ3) is 4.52. The molecule has 1 aromatic heterocycles. The van der Waals surface area contributed by atoms with Crippen LogP contribution in [0, 0.1) is 5.41 Å². The molecule has 1 aromatic rings. The number of carbonyl (C=O) groups excluding carboxylic acids is 1. The molecule has 0 aromatic carbocycles. The van der Waals surface area contributed by atoms with Gasteiger partial charge in [0.05, 0.1) is 5.69 Å². The molecule has 0 unspecified atom stereocenters. The van der Waals surface area contributed by atoms with Crippen LogP contribution in [0.2, 0.25) is 0 Å². The Balaban J connectivity index is 1.86. The van der Waals surface area contributed by atoms with Gasteiger partial charge < -0.3 is 10.4 Å². The lowest BCUT2D eigenvalue weighted by Gasteiger charge is -2.31. The zero-order chi connectivity index (χ0) is 15.3. The molecule has 0 bridgehead atoms. The second-order valence-electron chi connectivity index (χ2n) is 5.97. The van der Waals surface area contributed by atoms with E-state index in [1.165, 1.54) is 17.8 Å². The second kappa shape index (κ2) is 7.02. The van der Waals surface area contributed by atoms with Crippen molar-refractivity contribution in [2.45, 2.75) is 58.3 Å². The van der Waals surface area contributed by atoms with Crippen LogP contribution in [-0.4, -0.2) is 22.0 Å². The first kappa shape index (κ1) is 15.9. The minimum absolute atomic E-state index is 0.0636. The van der Waals surface area contributed by atoms with Gasteiger partial charge in [-0.15, -0.1) is 11.3 Å². The van der Waals surface area contributed by atoms with Crippen molar-refractivity contribution in [3.63, 3.8) is 0 Å². The highest BCUT2D eigenvalue weighted by atomic mass is 32.1. The number of anilines is 1. The summed E-state index contributed by atoms with van der Waals surface area (Å²) in [4.78, 5) is 27.2. The van der Waals surface area contributed by atoms with Crippen molar-refractivity contribution in [1.82, 2.24) is 4.98 Å². The molecule has 2 N–H and O–H groups in total. The van der Waals surface area contributed by atoms with Gasteiger partial charge in [0.25, 0.3) is 0 Å². The number of carbonyl (C=O) groups is 2. The Labute approximate surface area is 128 Å². The topological polar surface area (TPSA) is 79.3 Å². The Morgan fingerprint density at radius 1 is 1.38 bits per heavy atom. The fourth-order valence-corrected chi connectivity index (χ4v) is 3.45. The molecule has 1 amide bonds. The first-order valence-electron chi connectivity index (χ1n) is 7.47. The maximum absolute atomic E-state index is 12.4. The van der Waals surface area contributed by atoms with Crippen LogP contribution in [0.4, 0.5) is 5.13 Å². The van der Waals surface area contributed by atoms with Crippen molar-refractivity contribution < 1.29 is 14.7 Å². The molecule has 1 fully saturated rings. The molecule has 0 radical (unpaired) electrons. The van der Waals surface area contributed by atoms with E-state index in [0.717, 1.165) is 31.4 Å². The highest BCUT2D eigenvalue weighted by Gasteiger charge is 2.34. The molecule has 1 heterocycles. The molecule has 0 saturated heterocycles. The molecule has 1 saturated carbocycles. The van der Waals surface area contributed by atoms with E-state index < -0.39 is 5.97 Å². The Morgan fingerprint density at radius 2 is 2.10 bits per heavy atom. The highest BCUT2D eigenvalue weighted by molar-refractivity contribution is 7.13. The van der Waals surface area contributed by atoms with Gasteiger partial charge in [-0.2, -0.15) is 0 Å². The normalized spacial score (nSPS) is 17.4. The zero-order valence-corrected chi connectivity index (χ0v) is 13.2. The smallest absolute Gasteiger partial charge is 0.303 e. The van der Waals surface area contributed by atoms with E-state index in [2.05, 4.69) is 10.3 Å². The molecular weight excluding hydrogens is 288 g/mol. The van der Waals surface area contributed by atoms with Crippen molar-refractivity contribution >= 4 is 28.3 Å². The number of hydrogen-bond donors (Lipinski definition) is 2. The van der Waals surface area contributed by atoms with Crippen molar-refractivity contribution in [1.29, 1.82) is 0 Å². The summed E-state index contributed by atoms with van der Waals surface area (Å²) in [5.74, 6) is -0.724. The lowest BCUT2D eigenvalue weighted by Crippen LogP contribution is -2.35. The van der Waals surface area contributed by atoms with Gasteiger partial charge in [-0.1, -0.05) is 26.2 Å². The van der Waals surface area contributed by atoms with Gasteiger partial charge in [-0.3, -0.25) is 9.59 Å². The van der Waals surface area contributed by atoms with E-state index >= 15 is 0 Å². The molecule has 116 valence electrons.